The summed E-state index contributed by atoms with van der Waals surface area (Å²) < 4.78 is 5.53. The smallest absolute Gasteiger partial charge is 0.316 e. The number of aryl methyl sites for hydroxylation is 2. The SMILES string of the molecule is Cc1cc(C)cc(N2CC(C(=O)Oc3ccc(N4C(=O)C5CC=CCC5C4=O)cc3)CC2=O)c1. The molecule has 0 spiro atoms. The highest BCUT2D eigenvalue weighted by atomic mass is 16.5. The maximum atomic E-state index is 12.8. The summed E-state index contributed by atoms with van der Waals surface area (Å²) in [6, 6.07) is 12.3. The molecule has 0 aromatic heterocycles. The Hall–Kier alpha value is -3.74. The van der Waals surface area contributed by atoms with Crippen molar-refractivity contribution in [3.8, 4) is 5.75 Å². The van der Waals surface area contributed by atoms with Gasteiger partial charge in [0.15, 0.2) is 0 Å². The molecule has 174 valence electrons. The molecule has 3 aliphatic rings. The number of rotatable bonds is 4. The number of ether oxygens (including phenoxy) is 1. The fraction of sp³-hybridized carbons (Fsp3) is 0.333. The molecule has 2 fully saturated rings. The molecule has 0 N–H and O–H groups in total. The van der Waals surface area contributed by atoms with Gasteiger partial charge in [0.05, 0.1) is 23.4 Å². The zero-order valence-electron chi connectivity index (χ0n) is 19.2. The van der Waals surface area contributed by atoms with Crippen LogP contribution in [0.15, 0.2) is 54.6 Å². The summed E-state index contributed by atoms with van der Waals surface area (Å²) in [5, 5.41) is 0. The van der Waals surface area contributed by atoms with Crippen LogP contribution in [0.2, 0.25) is 0 Å². The first kappa shape index (κ1) is 22.1. The van der Waals surface area contributed by atoms with Crippen molar-refractivity contribution < 1.29 is 23.9 Å². The lowest BCUT2D eigenvalue weighted by Crippen LogP contribution is -2.30. The van der Waals surface area contributed by atoms with Crippen LogP contribution in [0.25, 0.3) is 0 Å². The summed E-state index contributed by atoms with van der Waals surface area (Å²) in [5.74, 6) is -1.79. The van der Waals surface area contributed by atoms with Crippen LogP contribution in [0.3, 0.4) is 0 Å². The standard InChI is InChI=1S/C27H26N2O5/c1-16-11-17(2)13-20(12-16)28-15-18(14-24(28)30)27(33)34-21-9-7-19(8-10-21)29-25(31)22-5-3-4-6-23(22)26(29)32/h3-4,7-13,18,22-23H,5-6,14-15H2,1-2H3. The van der Waals surface area contributed by atoms with Gasteiger partial charge < -0.3 is 9.64 Å². The van der Waals surface area contributed by atoms with Gasteiger partial charge in [-0.05, 0) is 74.2 Å². The molecular weight excluding hydrogens is 432 g/mol. The number of hydrogen-bond donors (Lipinski definition) is 0. The lowest BCUT2D eigenvalue weighted by molar-refractivity contribution is -0.139. The van der Waals surface area contributed by atoms with Crippen molar-refractivity contribution >= 4 is 35.1 Å². The van der Waals surface area contributed by atoms with Crippen molar-refractivity contribution in [1.29, 1.82) is 0 Å². The molecule has 34 heavy (non-hydrogen) atoms. The number of carbonyl (C=O) groups is 4. The molecule has 1 aliphatic carbocycles. The number of allylic oxidation sites excluding steroid dienone is 2. The Morgan fingerprint density at radius 2 is 1.44 bits per heavy atom. The Kier molecular flexibility index (Phi) is 5.55. The van der Waals surface area contributed by atoms with E-state index in [1.54, 1.807) is 29.2 Å². The molecule has 0 bridgehead atoms. The minimum absolute atomic E-state index is 0.0947. The Balaban J connectivity index is 1.25. The number of benzene rings is 2. The maximum Gasteiger partial charge on any atom is 0.316 e. The zero-order chi connectivity index (χ0) is 24.0. The second kappa shape index (κ2) is 8.56. The van der Waals surface area contributed by atoms with E-state index in [1.165, 1.54) is 4.90 Å². The van der Waals surface area contributed by atoms with Gasteiger partial charge in [-0.15, -0.1) is 0 Å². The maximum absolute atomic E-state index is 12.8. The van der Waals surface area contributed by atoms with Crippen LogP contribution in [0, 0.1) is 31.6 Å². The van der Waals surface area contributed by atoms with Crippen molar-refractivity contribution in [1.82, 2.24) is 0 Å². The monoisotopic (exact) mass is 458 g/mol. The highest BCUT2D eigenvalue weighted by Gasteiger charge is 2.47. The third-order valence-corrected chi connectivity index (χ3v) is 6.80. The van der Waals surface area contributed by atoms with Crippen molar-refractivity contribution in [2.75, 3.05) is 16.3 Å². The Morgan fingerprint density at radius 3 is 2.03 bits per heavy atom. The van der Waals surface area contributed by atoms with Gasteiger partial charge in [0.2, 0.25) is 17.7 Å². The molecule has 3 amide bonds. The Labute approximate surface area is 198 Å². The number of nitrogens with zero attached hydrogens (tertiary/aromatic N) is 2. The summed E-state index contributed by atoms with van der Waals surface area (Å²) >= 11 is 0. The highest BCUT2D eigenvalue weighted by Crippen LogP contribution is 2.38. The van der Waals surface area contributed by atoms with E-state index < -0.39 is 11.9 Å². The highest BCUT2D eigenvalue weighted by molar-refractivity contribution is 6.22. The third kappa shape index (κ3) is 3.91. The van der Waals surface area contributed by atoms with Gasteiger partial charge in [0, 0.05) is 18.7 Å². The van der Waals surface area contributed by atoms with Crippen LogP contribution in [0.5, 0.6) is 5.75 Å². The molecule has 0 radical (unpaired) electrons. The molecular formula is C27H26N2O5. The summed E-state index contributed by atoms with van der Waals surface area (Å²) in [4.78, 5) is 53.7. The summed E-state index contributed by atoms with van der Waals surface area (Å²) in [6.45, 7) is 4.22. The minimum Gasteiger partial charge on any atom is -0.426 e. The fourth-order valence-electron chi connectivity index (χ4n) is 5.14. The van der Waals surface area contributed by atoms with Gasteiger partial charge in [-0.2, -0.15) is 0 Å². The molecule has 2 heterocycles. The summed E-state index contributed by atoms with van der Waals surface area (Å²) in [7, 11) is 0. The van der Waals surface area contributed by atoms with Crippen LogP contribution >= 0.6 is 0 Å². The molecule has 5 rings (SSSR count). The van der Waals surface area contributed by atoms with Gasteiger partial charge in [0.25, 0.3) is 0 Å². The lowest BCUT2D eigenvalue weighted by atomic mass is 9.85. The number of carbonyl (C=O) groups excluding carboxylic acids is 4. The molecule has 2 aliphatic heterocycles. The number of amides is 3. The molecule has 0 saturated carbocycles. The first-order valence-electron chi connectivity index (χ1n) is 11.5. The van der Waals surface area contributed by atoms with E-state index in [0.717, 1.165) is 16.8 Å². The average Bonchev–Trinajstić information content (AvgIpc) is 3.32. The molecule has 3 atom stereocenters. The Morgan fingerprint density at radius 1 is 0.853 bits per heavy atom. The van der Waals surface area contributed by atoms with Crippen molar-refractivity contribution in [3.63, 3.8) is 0 Å². The van der Waals surface area contributed by atoms with Gasteiger partial charge in [0.1, 0.15) is 5.75 Å². The zero-order valence-corrected chi connectivity index (χ0v) is 19.2. The van der Waals surface area contributed by atoms with Crippen molar-refractivity contribution in [2.24, 2.45) is 17.8 Å². The molecule has 3 unspecified atom stereocenters. The van der Waals surface area contributed by atoms with Crippen LogP contribution in [0.1, 0.15) is 30.4 Å². The van der Waals surface area contributed by atoms with Crippen LogP contribution in [-0.2, 0) is 19.2 Å². The minimum atomic E-state index is -0.564. The molecule has 2 aromatic carbocycles. The van der Waals surface area contributed by atoms with E-state index in [-0.39, 0.29) is 42.5 Å². The number of hydrogen-bond acceptors (Lipinski definition) is 5. The van der Waals surface area contributed by atoms with Gasteiger partial charge in [-0.3, -0.25) is 24.1 Å². The topological polar surface area (TPSA) is 84.0 Å². The molecule has 7 heteroatoms. The van der Waals surface area contributed by atoms with Gasteiger partial charge in [-0.1, -0.05) is 18.2 Å². The lowest BCUT2D eigenvalue weighted by Gasteiger charge is -2.18. The van der Waals surface area contributed by atoms with Crippen molar-refractivity contribution in [2.45, 2.75) is 33.1 Å². The van der Waals surface area contributed by atoms with E-state index in [0.29, 0.717) is 24.3 Å². The van der Waals surface area contributed by atoms with E-state index >= 15 is 0 Å². The second-order valence-corrected chi connectivity index (χ2v) is 9.33. The van der Waals surface area contributed by atoms with E-state index in [4.69, 9.17) is 4.74 Å². The second-order valence-electron chi connectivity index (χ2n) is 9.33. The molecule has 7 nitrogen and oxygen atoms in total. The number of fused-ring (bicyclic) bond motifs is 1. The number of anilines is 2. The van der Waals surface area contributed by atoms with E-state index in [2.05, 4.69) is 0 Å². The Bertz CT molecular complexity index is 1170. The molecule has 2 saturated heterocycles. The predicted octanol–water partition coefficient (Wildman–Crippen LogP) is 3.72. The number of imide groups is 1. The van der Waals surface area contributed by atoms with Gasteiger partial charge >= 0.3 is 5.97 Å². The summed E-state index contributed by atoms with van der Waals surface area (Å²) in [6.07, 6.45) is 5.17. The van der Waals surface area contributed by atoms with Crippen molar-refractivity contribution in [3.05, 3.63) is 65.7 Å². The first-order valence-corrected chi connectivity index (χ1v) is 11.5. The van der Waals surface area contributed by atoms with Crippen LogP contribution in [0.4, 0.5) is 11.4 Å². The quantitative estimate of drug-likeness (QED) is 0.302. The van der Waals surface area contributed by atoms with E-state index in [1.807, 2.05) is 44.2 Å². The normalized spacial score (nSPS) is 24.1. The largest absolute Gasteiger partial charge is 0.426 e. The van der Waals surface area contributed by atoms with E-state index in [9.17, 15) is 19.2 Å². The average molecular weight is 459 g/mol. The number of esters is 1. The van der Waals surface area contributed by atoms with Crippen LogP contribution in [-0.4, -0.2) is 30.2 Å². The first-order chi connectivity index (χ1) is 16.3. The fourth-order valence-corrected chi connectivity index (χ4v) is 5.14. The van der Waals surface area contributed by atoms with Gasteiger partial charge in [-0.25, -0.2) is 0 Å². The predicted molar refractivity (Wildman–Crippen MR) is 126 cm³/mol. The van der Waals surface area contributed by atoms with Crippen LogP contribution < -0.4 is 14.5 Å². The summed E-state index contributed by atoms with van der Waals surface area (Å²) in [5.41, 5.74) is 3.37. The third-order valence-electron chi connectivity index (χ3n) is 6.80. The molecule has 2 aromatic rings.